The number of fused-ring (bicyclic) bond motifs is 3. The van der Waals surface area contributed by atoms with E-state index in [0.29, 0.717) is 5.58 Å². The summed E-state index contributed by atoms with van der Waals surface area (Å²) in [5.74, 6) is 0. The van der Waals surface area contributed by atoms with Crippen LogP contribution in [0.4, 0.5) is 5.00 Å². The van der Waals surface area contributed by atoms with Gasteiger partial charge in [-0.2, -0.15) is 0 Å². The third kappa shape index (κ3) is 1.13. The first-order chi connectivity index (χ1) is 7.25. The standard InChI is InChI=1S/C10H5NO3S/c12-11(13)9-5-8-10(15-9)6-3-1-2-4-7(6)14-8/h1-5H. The van der Waals surface area contributed by atoms with E-state index in [1.165, 1.54) is 6.07 Å². The Bertz CT molecular complexity index is 667. The number of hydrogen-bond donors (Lipinski definition) is 0. The molecule has 0 aliphatic carbocycles. The van der Waals surface area contributed by atoms with Crippen molar-refractivity contribution in [2.24, 2.45) is 0 Å². The minimum Gasteiger partial charge on any atom is -0.455 e. The number of hydrogen-bond acceptors (Lipinski definition) is 4. The summed E-state index contributed by atoms with van der Waals surface area (Å²) in [7, 11) is 0. The summed E-state index contributed by atoms with van der Waals surface area (Å²) >= 11 is 1.15. The fourth-order valence-corrected chi connectivity index (χ4v) is 2.51. The predicted molar refractivity (Wildman–Crippen MR) is 58.3 cm³/mol. The van der Waals surface area contributed by atoms with Crippen molar-refractivity contribution in [1.82, 2.24) is 0 Å². The van der Waals surface area contributed by atoms with Gasteiger partial charge < -0.3 is 4.42 Å². The van der Waals surface area contributed by atoms with Crippen molar-refractivity contribution in [2.75, 3.05) is 0 Å². The van der Waals surface area contributed by atoms with E-state index in [-0.39, 0.29) is 5.00 Å². The number of nitro groups is 1. The number of furan rings is 1. The van der Waals surface area contributed by atoms with Gasteiger partial charge >= 0.3 is 5.00 Å². The van der Waals surface area contributed by atoms with Crippen LogP contribution in [-0.4, -0.2) is 4.92 Å². The van der Waals surface area contributed by atoms with Crippen LogP contribution in [-0.2, 0) is 0 Å². The zero-order chi connectivity index (χ0) is 10.4. The summed E-state index contributed by atoms with van der Waals surface area (Å²) in [5.41, 5.74) is 1.36. The summed E-state index contributed by atoms with van der Waals surface area (Å²) < 4.78 is 6.33. The molecule has 5 heteroatoms. The normalized spacial score (nSPS) is 11.2. The molecule has 0 N–H and O–H groups in total. The van der Waals surface area contributed by atoms with Gasteiger partial charge in [-0.1, -0.05) is 23.5 Å². The molecule has 2 heterocycles. The minimum absolute atomic E-state index is 0.120. The lowest BCUT2D eigenvalue weighted by Crippen LogP contribution is -1.80. The Labute approximate surface area is 87.9 Å². The molecular weight excluding hydrogens is 214 g/mol. The van der Waals surface area contributed by atoms with Gasteiger partial charge in [-0.25, -0.2) is 0 Å². The number of benzene rings is 1. The fraction of sp³-hybridized carbons (Fsp3) is 0. The highest BCUT2D eigenvalue weighted by atomic mass is 32.1. The van der Waals surface area contributed by atoms with Crippen molar-refractivity contribution >= 4 is 37.6 Å². The Kier molecular flexibility index (Phi) is 1.58. The molecule has 0 aliphatic heterocycles. The van der Waals surface area contributed by atoms with Crippen molar-refractivity contribution < 1.29 is 9.34 Å². The van der Waals surface area contributed by atoms with Gasteiger partial charge in [0.2, 0.25) is 0 Å². The largest absolute Gasteiger partial charge is 0.455 e. The zero-order valence-corrected chi connectivity index (χ0v) is 8.28. The van der Waals surface area contributed by atoms with Gasteiger partial charge in [-0.15, -0.1) is 0 Å². The lowest BCUT2D eigenvalue weighted by atomic mass is 10.2. The van der Waals surface area contributed by atoms with Crippen LogP contribution in [0.15, 0.2) is 34.7 Å². The first-order valence-electron chi connectivity index (χ1n) is 4.31. The van der Waals surface area contributed by atoms with E-state index < -0.39 is 4.92 Å². The molecule has 74 valence electrons. The van der Waals surface area contributed by atoms with Gasteiger partial charge in [0.25, 0.3) is 0 Å². The lowest BCUT2D eigenvalue weighted by molar-refractivity contribution is -0.380. The van der Waals surface area contributed by atoms with Crippen molar-refractivity contribution in [3.8, 4) is 0 Å². The van der Waals surface area contributed by atoms with Gasteiger partial charge in [-0.3, -0.25) is 10.1 Å². The van der Waals surface area contributed by atoms with Crippen molar-refractivity contribution in [3.63, 3.8) is 0 Å². The van der Waals surface area contributed by atoms with Crippen molar-refractivity contribution in [3.05, 3.63) is 40.4 Å². The van der Waals surface area contributed by atoms with Gasteiger partial charge in [0.05, 0.1) is 15.7 Å². The van der Waals surface area contributed by atoms with E-state index in [4.69, 9.17) is 4.42 Å². The fourth-order valence-electron chi connectivity index (χ4n) is 1.58. The molecule has 4 nitrogen and oxygen atoms in total. The minimum atomic E-state index is -0.394. The maximum absolute atomic E-state index is 10.6. The molecule has 0 saturated carbocycles. The molecule has 1 aromatic carbocycles. The molecule has 0 fully saturated rings. The molecule has 0 amide bonds. The second-order valence-corrected chi connectivity index (χ2v) is 4.16. The quantitative estimate of drug-likeness (QED) is 0.464. The summed E-state index contributed by atoms with van der Waals surface area (Å²) in [4.78, 5) is 10.2. The lowest BCUT2D eigenvalue weighted by Gasteiger charge is -1.84. The van der Waals surface area contributed by atoms with Crippen molar-refractivity contribution in [2.45, 2.75) is 0 Å². The van der Waals surface area contributed by atoms with E-state index in [1.807, 2.05) is 24.3 Å². The number of thiophene rings is 1. The van der Waals surface area contributed by atoms with Gasteiger partial charge in [0.1, 0.15) is 5.58 Å². The van der Waals surface area contributed by atoms with E-state index in [0.717, 1.165) is 27.0 Å². The SMILES string of the molecule is O=[N+]([O-])c1cc2oc3ccccc3c2s1. The molecule has 3 aromatic rings. The maximum atomic E-state index is 10.6. The highest BCUT2D eigenvalue weighted by molar-refractivity contribution is 7.23. The molecule has 0 aliphatic rings. The van der Waals surface area contributed by atoms with Crippen LogP contribution in [0.2, 0.25) is 0 Å². The average Bonchev–Trinajstić information content (AvgIpc) is 2.73. The topological polar surface area (TPSA) is 56.3 Å². The predicted octanol–water partition coefficient (Wildman–Crippen LogP) is 3.56. The summed E-state index contributed by atoms with van der Waals surface area (Å²) in [6.45, 7) is 0. The Morgan fingerprint density at radius 3 is 2.87 bits per heavy atom. The van der Waals surface area contributed by atoms with E-state index in [9.17, 15) is 10.1 Å². The highest BCUT2D eigenvalue weighted by Crippen LogP contribution is 2.38. The molecular formula is C10H5NO3S. The van der Waals surface area contributed by atoms with E-state index in [1.54, 1.807) is 0 Å². The van der Waals surface area contributed by atoms with Crippen LogP contribution in [0.5, 0.6) is 0 Å². The Morgan fingerprint density at radius 2 is 2.07 bits per heavy atom. The number of para-hydroxylation sites is 1. The second-order valence-electron chi connectivity index (χ2n) is 3.13. The number of nitrogens with zero attached hydrogens (tertiary/aromatic N) is 1. The van der Waals surface area contributed by atoms with Gasteiger partial charge in [-0.05, 0) is 12.1 Å². The smallest absolute Gasteiger partial charge is 0.328 e. The monoisotopic (exact) mass is 219 g/mol. The van der Waals surface area contributed by atoms with E-state index >= 15 is 0 Å². The first-order valence-corrected chi connectivity index (χ1v) is 5.13. The van der Waals surface area contributed by atoms with Gasteiger partial charge in [0, 0.05) is 5.39 Å². The van der Waals surface area contributed by atoms with Crippen LogP contribution in [0.3, 0.4) is 0 Å². The molecule has 15 heavy (non-hydrogen) atoms. The third-order valence-electron chi connectivity index (χ3n) is 2.22. The highest BCUT2D eigenvalue weighted by Gasteiger charge is 2.16. The Hall–Kier alpha value is -1.88. The van der Waals surface area contributed by atoms with Crippen LogP contribution < -0.4 is 0 Å². The molecule has 0 bridgehead atoms. The van der Waals surface area contributed by atoms with Crippen LogP contribution >= 0.6 is 11.3 Å². The van der Waals surface area contributed by atoms with Gasteiger partial charge in [0.15, 0.2) is 5.58 Å². The number of rotatable bonds is 1. The van der Waals surface area contributed by atoms with Crippen LogP contribution in [0, 0.1) is 10.1 Å². The molecule has 3 rings (SSSR count). The third-order valence-corrected chi connectivity index (χ3v) is 3.32. The maximum Gasteiger partial charge on any atom is 0.328 e. The molecule has 0 spiro atoms. The summed E-state index contributed by atoms with van der Waals surface area (Å²) in [6.07, 6.45) is 0. The molecule has 2 aromatic heterocycles. The van der Waals surface area contributed by atoms with E-state index in [2.05, 4.69) is 0 Å². The molecule has 0 saturated heterocycles. The zero-order valence-electron chi connectivity index (χ0n) is 7.47. The van der Waals surface area contributed by atoms with Crippen molar-refractivity contribution in [1.29, 1.82) is 0 Å². The summed E-state index contributed by atoms with van der Waals surface area (Å²) in [5, 5.41) is 11.6. The second kappa shape index (κ2) is 2.80. The first kappa shape index (κ1) is 8.43. The van der Waals surface area contributed by atoms with Crippen LogP contribution in [0.1, 0.15) is 0 Å². The molecule has 0 atom stereocenters. The average molecular weight is 219 g/mol. The Morgan fingerprint density at radius 1 is 1.27 bits per heavy atom. The Balaban J connectivity index is 2.42. The van der Waals surface area contributed by atoms with Crippen LogP contribution in [0.25, 0.3) is 21.3 Å². The summed E-state index contributed by atoms with van der Waals surface area (Å²) in [6, 6.07) is 9.00. The molecule has 0 radical (unpaired) electrons. The molecule has 0 unspecified atom stereocenters.